The second-order valence-corrected chi connectivity index (χ2v) is 15.0. The maximum absolute atomic E-state index is 13.0. The molecule has 8 rings (SSSR count). The number of ether oxygens (including phenoxy) is 1. The molecule has 3 N–H and O–H groups in total. The van der Waals surface area contributed by atoms with Crippen molar-refractivity contribution in [2.75, 3.05) is 0 Å². The van der Waals surface area contributed by atoms with Gasteiger partial charge in [-0.15, -0.1) is 0 Å². The van der Waals surface area contributed by atoms with Gasteiger partial charge in [-0.25, -0.2) is 9.78 Å². The highest BCUT2D eigenvalue weighted by molar-refractivity contribution is 5.86. The number of primary amides is 1. The van der Waals surface area contributed by atoms with Gasteiger partial charge in [0, 0.05) is 21.9 Å². The van der Waals surface area contributed by atoms with Gasteiger partial charge in [0.05, 0.1) is 29.0 Å². The van der Waals surface area contributed by atoms with Crippen molar-refractivity contribution in [2.45, 2.75) is 103 Å². The number of nitrogens with two attached hydrogens (primary N) is 1. The summed E-state index contributed by atoms with van der Waals surface area (Å²) in [5, 5.41) is 11.8. The summed E-state index contributed by atoms with van der Waals surface area (Å²) in [4.78, 5) is 42.0. The minimum Gasteiger partial charge on any atom is -0.458 e. The number of pyridine rings is 2. The lowest BCUT2D eigenvalue weighted by atomic mass is 9.49. The number of aliphatic hydroxyl groups is 1. The molecule has 4 aliphatic rings. The fourth-order valence-corrected chi connectivity index (χ4v) is 9.09. The smallest absolute Gasteiger partial charge is 0.343 e. The molecule has 1 fully saturated rings. The first kappa shape index (κ1) is 32.3. The van der Waals surface area contributed by atoms with Gasteiger partial charge >= 0.3 is 5.97 Å². The third-order valence-electron chi connectivity index (χ3n) is 12.0. The van der Waals surface area contributed by atoms with E-state index in [1.54, 1.807) is 17.6 Å². The molecule has 4 aromatic rings. The fraction of sp³-hybridized carbons (Fsp3) is 0.450. The topological polar surface area (TPSA) is 125 Å². The van der Waals surface area contributed by atoms with Gasteiger partial charge < -0.3 is 20.1 Å². The Hall–Kier alpha value is -4.30. The van der Waals surface area contributed by atoms with Crippen molar-refractivity contribution < 1.29 is 19.4 Å². The van der Waals surface area contributed by atoms with E-state index in [0.29, 0.717) is 35.2 Å². The summed E-state index contributed by atoms with van der Waals surface area (Å²) >= 11 is 0. The normalized spacial score (nSPS) is 26.7. The molecule has 2 aliphatic carbocycles. The number of fused-ring (bicyclic) bond motifs is 8. The predicted molar refractivity (Wildman–Crippen MR) is 185 cm³/mol. The van der Waals surface area contributed by atoms with E-state index in [0.717, 1.165) is 47.8 Å². The van der Waals surface area contributed by atoms with Crippen LogP contribution in [0.15, 0.2) is 59.4 Å². The third-order valence-corrected chi connectivity index (χ3v) is 12.0. The molecule has 4 atom stereocenters. The Balaban J connectivity index is 0.000000154. The van der Waals surface area contributed by atoms with Crippen LogP contribution in [0.2, 0.25) is 0 Å². The monoisotopic (exact) mass is 647 g/mol. The predicted octanol–water partition coefficient (Wildman–Crippen LogP) is 6.39. The highest BCUT2D eigenvalue weighted by Crippen LogP contribution is 2.57. The van der Waals surface area contributed by atoms with Gasteiger partial charge in [0.15, 0.2) is 5.60 Å². The molecule has 1 amide bonds. The number of cyclic esters (lactones) is 1. The zero-order valence-corrected chi connectivity index (χ0v) is 28.6. The molecule has 2 aromatic heterocycles. The molecule has 4 unspecified atom stereocenters. The number of aryl methyl sites for hydroxylation is 1. The highest BCUT2D eigenvalue weighted by Gasteiger charge is 2.54. The van der Waals surface area contributed by atoms with E-state index in [2.05, 4.69) is 45.9 Å². The number of nitrogens with zero attached hydrogens (tertiary/aromatic N) is 2. The fourth-order valence-electron chi connectivity index (χ4n) is 9.09. The van der Waals surface area contributed by atoms with Gasteiger partial charge in [-0.05, 0) is 84.2 Å². The summed E-state index contributed by atoms with van der Waals surface area (Å²) in [5.74, 6) is 0.133. The Morgan fingerprint density at radius 1 is 1.06 bits per heavy atom. The lowest BCUT2D eigenvalue weighted by Gasteiger charge is -2.54. The SMILES string of the molecule is CC(C)c1ccc2c(c1)CCC1C(C)(C(N)=O)CCCC21C.CCC1(O)C(=O)OCc2c1cc1n(c2=O)Cc2cc3ccccc3nc2-1. The standard InChI is InChI=1S/C20H16N2O4.C20H29NO/c1-2-20(25)14-8-16-17-12(7-11-5-3-4-6-15(11)21-17)9-22(16)18(23)13(14)10-26-19(20)24;1-13(2)14-6-8-16-15(12-14)7-9-17-19(16,3)10-5-11-20(17,4)18(21)22/h3-8,25H,2,9-10H2,1H3;6,8,12-13,17H,5,7,9-11H2,1-4H3,(H2,21,22). The van der Waals surface area contributed by atoms with E-state index < -0.39 is 11.6 Å². The van der Waals surface area contributed by atoms with Crippen LogP contribution in [-0.4, -0.2) is 26.5 Å². The second-order valence-electron chi connectivity index (χ2n) is 15.0. The molecule has 2 aromatic carbocycles. The molecule has 2 aliphatic heterocycles. The first-order valence-electron chi connectivity index (χ1n) is 17.3. The molecule has 1 saturated carbocycles. The number of para-hydroxylation sites is 1. The van der Waals surface area contributed by atoms with Crippen molar-refractivity contribution in [3.05, 3.63) is 98.3 Å². The zero-order chi connectivity index (χ0) is 34.2. The summed E-state index contributed by atoms with van der Waals surface area (Å²) < 4.78 is 6.72. The molecule has 0 spiro atoms. The molecule has 4 heterocycles. The summed E-state index contributed by atoms with van der Waals surface area (Å²) in [6.45, 7) is 11.0. The number of esters is 1. The van der Waals surface area contributed by atoms with Crippen LogP contribution in [0.1, 0.15) is 106 Å². The van der Waals surface area contributed by atoms with E-state index in [9.17, 15) is 19.5 Å². The number of rotatable bonds is 3. The van der Waals surface area contributed by atoms with Crippen molar-refractivity contribution in [2.24, 2.45) is 17.1 Å². The maximum Gasteiger partial charge on any atom is 0.343 e. The Labute approximate surface area is 281 Å². The molecule has 8 heteroatoms. The Morgan fingerprint density at radius 2 is 1.83 bits per heavy atom. The van der Waals surface area contributed by atoms with Crippen LogP contribution >= 0.6 is 0 Å². The third kappa shape index (κ3) is 4.74. The van der Waals surface area contributed by atoms with Gasteiger partial charge in [0.2, 0.25) is 5.91 Å². The van der Waals surface area contributed by atoms with Crippen molar-refractivity contribution in [1.29, 1.82) is 0 Å². The van der Waals surface area contributed by atoms with Gasteiger partial charge in [-0.3, -0.25) is 9.59 Å². The summed E-state index contributed by atoms with van der Waals surface area (Å²) in [7, 11) is 0. The van der Waals surface area contributed by atoms with E-state index in [1.807, 2.05) is 30.3 Å². The summed E-state index contributed by atoms with van der Waals surface area (Å²) in [6.07, 6.45) is 5.53. The maximum atomic E-state index is 13.0. The Kier molecular flexibility index (Phi) is 7.66. The quantitative estimate of drug-likeness (QED) is 0.219. The molecule has 0 bridgehead atoms. The van der Waals surface area contributed by atoms with Crippen molar-refractivity contribution in [3.63, 3.8) is 0 Å². The molecule has 8 nitrogen and oxygen atoms in total. The lowest BCUT2D eigenvalue weighted by molar-refractivity contribution is -0.172. The van der Waals surface area contributed by atoms with Gasteiger partial charge in [0.1, 0.15) is 6.61 Å². The van der Waals surface area contributed by atoms with E-state index in [1.165, 1.54) is 23.1 Å². The van der Waals surface area contributed by atoms with E-state index >= 15 is 0 Å². The number of hydrogen-bond donors (Lipinski definition) is 2. The first-order chi connectivity index (χ1) is 22.8. The van der Waals surface area contributed by atoms with Crippen LogP contribution < -0.4 is 11.3 Å². The number of hydrogen-bond acceptors (Lipinski definition) is 6. The van der Waals surface area contributed by atoms with Crippen LogP contribution in [0.4, 0.5) is 0 Å². The van der Waals surface area contributed by atoms with Gasteiger partial charge in [0.25, 0.3) is 5.56 Å². The Bertz CT molecular complexity index is 2050. The molecular formula is C40H45N3O5. The number of aromatic nitrogens is 2. The van der Waals surface area contributed by atoms with Crippen molar-refractivity contribution in [3.8, 4) is 11.4 Å². The van der Waals surface area contributed by atoms with Crippen molar-refractivity contribution in [1.82, 2.24) is 9.55 Å². The van der Waals surface area contributed by atoms with Crippen LogP contribution in [0, 0.1) is 11.3 Å². The molecule has 250 valence electrons. The zero-order valence-electron chi connectivity index (χ0n) is 28.6. The average Bonchev–Trinajstić information content (AvgIpc) is 3.43. The van der Waals surface area contributed by atoms with Crippen LogP contribution in [0.5, 0.6) is 0 Å². The van der Waals surface area contributed by atoms with Crippen LogP contribution in [-0.2, 0) is 44.9 Å². The molecule has 0 radical (unpaired) electrons. The minimum atomic E-state index is -1.79. The van der Waals surface area contributed by atoms with E-state index in [-0.39, 0.29) is 35.3 Å². The molecule has 48 heavy (non-hydrogen) atoms. The summed E-state index contributed by atoms with van der Waals surface area (Å²) in [5.41, 5.74) is 11.8. The second kappa shape index (κ2) is 11.4. The molecular weight excluding hydrogens is 602 g/mol. The molecule has 0 saturated heterocycles. The number of amides is 1. The van der Waals surface area contributed by atoms with Crippen molar-refractivity contribution >= 4 is 22.8 Å². The van der Waals surface area contributed by atoms with Crippen LogP contribution in [0.3, 0.4) is 0 Å². The number of benzene rings is 2. The minimum absolute atomic E-state index is 0.102. The van der Waals surface area contributed by atoms with E-state index in [4.69, 9.17) is 15.5 Å². The van der Waals surface area contributed by atoms with Gasteiger partial charge in [-0.1, -0.05) is 77.4 Å². The highest BCUT2D eigenvalue weighted by atomic mass is 16.6. The van der Waals surface area contributed by atoms with Gasteiger partial charge in [-0.2, -0.15) is 0 Å². The lowest BCUT2D eigenvalue weighted by Crippen LogP contribution is -2.54. The first-order valence-corrected chi connectivity index (χ1v) is 17.3. The number of carbonyl (C=O) groups is 2. The summed E-state index contributed by atoms with van der Waals surface area (Å²) in [6, 6.07) is 18.6. The number of carbonyl (C=O) groups excluding carboxylic acids is 2. The van der Waals surface area contributed by atoms with Crippen LogP contribution in [0.25, 0.3) is 22.3 Å². The average molecular weight is 648 g/mol. The Morgan fingerprint density at radius 3 is 2.56 bits per heavy atom. The largest absolute Gasteiger partial charge is 0.458 e.